The maximum Gasteiger partial charge on any atom is 0.266 e. The van der Waals surface area contributed by atoms with E-state index in [0.717, 1.165) is 13.1 Å². The summed E-state index contributed by atoms with van der Waals surface area (Å²) >= 11 is 0. The van der Waals surface area contributed by atoms with Crippen LogP contribution < -0.4 is 9.96 Å². The molecule has 0 saturated heterocycles. The molecule has 10 heavy (non-hydrogen) atoms. The first kappa shape index (κ1) is 10.1. The second-order valence-electron chi connectivity index (χ2n) is 2.48. The maximum absolute atomic E-state index is 3.44. The van der Waals surface area contributed by atoms with Gasteiger partial charge in [0.05, 0.1) is 0 Å². The van der Waals surface area contributed by atoms with Gasteiger partial charge < -0.3 is 14.5 Å². The van der Waals surface area contributed by atoms with E-state index >= 15 is 0 Å². The van der Waals surface area contributed by atoms with Crippen LogP contribution in [0.2, 0.25) is 0 Å². The smallest absolute Gasteiger partial charge is 0.266 e. The van der Waals surface area contributed by atoms with Crippen molar-refractivity contribution in [3.63, 3.8) is 0 Å². The second-order valence-corrected chi connectivity index (χ2v) is 5.14. The summed E-state index contributed by atoms with van der Waals surface area (Å²) in [5, 5.41) is 0. The molecule has 0 spiro atoms. The first-order valence-electron chi connectivity index (χ1n) is 3.85. The van der Waals surface area contributed by atoms with Crippen molar-refractivity contribution in [2.45, 2.75) is 13.8 Å². The largest absolute Gasteiger partial charge is 0.316 e. The number of rotatable bonds is 5. The summed E-state index contributed by atoms with van der Waals surface area (Å²) in [5.74, 6) is 0. The van der Waals surface area contributed by atoms with Gasteiger partial charge in [0.15, 0.2) is 0 Å². The van der Waals surface area contributed by atoms with Crippen molar-refractivity contribution in [2.75, 3.05) is 27.2 Å². The van der Waals surface area contributed by atoms with Crippen LogP contribution in [0.25, 0.3) is 0 Å². The molecule has 3 nitrogen and oxygen atoms in total. The Morgan fingerprint density at radius 2 is 1.50 bits per heavy atom. The van der Waals surface area contributed by atoms with Gasteiger partial charge in [0.2, 0.25) is 0 Å². The molecule has 2 N–H and O–H groups in total. The van der Waals surface area contributed by atoms with Crippen molar-refractivity contribution in [2.24, 2.45) is 0 Å². The quantitative estimate of drug-likeness (QED) is 0.532. The van der Waals surface area contributed by atoms with E-state index in [-0.39, 0.29) is 0 Å². The highest BCUT2D eigenvalue weighted by molar-refractivity contribution is 6.49. The van der Waals surface area contributed by atoms with Crippen molar-refractivity contribution in [3.05, 3.63) is 0 Å². The van der Waals surface area contributed by atoms with Gasteiger partial charge in [0.25, 0.3) is 9.28 Å². The Morgan fingerprint density at radius 1 is 1.10 bits per heavy atom. The van der Waals surface area contributed by atoms with Crippen molar-refractivity contribution in [1.29, 1.82) is 0 Å². The third-order valence-electron chi connectivity index (χ3n) is 1.31. The van der Waals surface area contributed by atoms with Crippen LogP contribution in [0.15, 0.2) is 0 Å². The molecule has 0 radical (unpaired) electrons. The Labute approximate surface area is 65.6 Å². The van der Waals surface area contributed by atoms with Crippen LogP contribution in [-0.4, -0.2) is 41.0 Å². The molecule has 0 atom stereocenters. The minimum Gasteiger partial charge on any atom is -0.316 e. The van der Waals surface area contributed by atoms with E-state index in [0.29, 0.717) is 0 Å². The molecule has 0 aromatic rings. The van der Waals surface area contributed by atoms with Crippen molar-refractivity contribution in [3.8, 4) is 0 Å². The van der Waals surface area contributed by atoms with E-state index in [9.17, 15) is 0 Å². The van der Waals surface area contributed by atoms with Crippen molar-refractivity contribution >= 4 is 9.28 Å². The van der Waals surface area contributed by atoms with Gasteiger partial charge in [-0.25, -0.2) is 0 Å². The molecule has 0 aromatic carbocycles. The Balaban J connectivity index is 3.50. The predicted octanol–water partition coefficient (Wildman–Crippen LogP) is -0.516. The van der Waals surface area contributed by atoms with Gasteiger partial charge in [-0.05, 0) is 27.2 Å². The first-order valence-corrected chi connectivity index (χ1v) is 5.52. The van der Waals surface area contributed by atoms with Crippen LogP contribution in [0.4, 0.5) is 0 Å². The number of nitrogens with zero attached hydrogens (tertiary/aromatic N) is 1. The summed E-state index contributed by atoms with van der Waals surface area (Å²) in [7, 11) is 3.25. The normalized spacial score (nSPS) is 11.4. The molecule has 0 aliphatic carbocycles. The molecule has 4 heteroatoms. The van der Waals surface area contributed by atoms with Gasteiger partial charge in [-0.1, -0.05) is 13.8 Å². The van der Waals surface area contributed by atoms with Crippen LogP contribution in [0.1, 0.15) is 13.8 Å². The van der Waals surface area contributed by atoms with Gasteiger partial charge >= 0.3 is 0 Å². The monoisotopic (exact) mass is 161 g/mol. The third kappa shape index (κ3) is 4.00. The van der Waals surface area contributed by atoms with Gasteiger partial charge in [-0.15, -0.1) is 0 Å². The fourth-order valence-electron chi connectivity index (χ4n) is 0.824. The van der Waals surface area contributed by atoms with Crippen LogP contribution in [-0.2, 0) is 0 Å². The zero-order valence-electron chi connectivity index (χ0n) is 7.44. The fourth-order valence-corrected chi connectivity index (χ4v) is 2.47. The van der Waals surface area contributed by atoms with Gasteiger partial charge in [-0.2, -0.15) is 0 Å². The molecule has 0 aromatic heterocycles. The summed E-state index contributed by atoms with van der Waals surface area (Å²) in [6, 6.07) is 0. The van der Waals surface area contributed by atoms with Gasteiger partial charge in [0.1, 0.15) is 0 Å². The van der Waals surface area contributed by atoms with Crippen LogP contribution in [0, 0.1) is 0 Å². The summed E-state index contributed by atoms with van der Waals surface area (Å²) in [6.07, 6.45) is 0. The molecule has 0 unspecified atom stereocenters. The highest BCUT2D eigenvalue weighted by atomic mass is 28.3. The first-order chi connectivity index (χ1) is 4.72. The minimum absolute atomic E-state index is 0.974. The molecule has 0 fully saturated rings. The Hall–Kier alpha value is 0.0969. The highest BCUT2D eigenvalue weighted by Gasteiger charge is 2.09. The Bertz CT molecular complexity index is 71.4. The van der Waals surface area contributed by atoms with E-state index < -0.39 is 9.28 Å². The van der Waals surface area contributed by atoms with Gasteiger partial charge in [-0.3, -0.25) is 0 Å². The van der Waals surface area contributed by atoms with E-state index in [1.165, 1.54) is 0 Å². The lowest BCUT2D eigenvalue weighted by molar-refractivity contribution is 0.592. The number of hydrogen-bond donors (Lipinski definition) is 2. The molecule has 0 aliphatic heterocycles. The van der Waals surface area contributed by atoms with E-state index in [1.54, 1.807) is 0 Å². The SMILES string of the molecule is CCN[SiH](NCC)N(C)C. The average molecular weight is 161 g/mol. The Morgan fingerprint density at radius 3 is 1.70 bits per heavy atom. The molecule has 0 amide bonds. The summed E-state index contributed by atoms with van der Waals surface area (Å²) in [4.78, 5) is 6.87. The van der Waals surface area contributed by atoms with Crippen molar-refractivity contribution in [1.82, 2.24) is 14.5 Å². The van der Waals surface area contributed by atoms with Gasteiger partial charge in [0, 0.05) is 0 Å². The molecule has 0 bridgehead atoms. The van der Waals surface area contributed by atoms with E-state index in [1.807, 2.05) is 0 Å². The molecular weight excluding hydrogens is 142 g/mol. The van der Waals surface area contributed by atoms with E-state index in [2.05, 4.69) is 42.5 Å². The Kier molecular flexibility index (Phi) is 5.91. The summed E-state index contributed by atoms with van der Waals surface area (Å²) in [5.41, 5.74) is 0. The summed E-state index contributed by atoms with van der Waals surface area (Å²) < 4.78 is 2.26. The lowest BCUT2D eigenvalue weighted by Crippen LogP contribution is -2.57. The van der Waals surface area contributed by atoms with Crippen LogP contribution >= 0.6 is 0 Å². The zero-order chi connectivity index (χ0) is 7.98. The average Bonchev–Trinajstić information content (AvgIpc) is 1.87. The molecular formula is C6H19N3Si. The minimum atomic E-state index is -0.974. The second kappa shape index (κ2) is 5.85. The van der Waals surface area contributed by atoms with Crippen molar-refractivity contribution < 1.29 is 0 Å². The standard InChI is InChI=1S/C6H19N3Si/c1-5-7-10(8-6-2)9(3)4/h7-8,10H,5-6H2,1-4H3. The lowest BCUT2D eigenvalue weighted by atomic mass is 10.8. The summed E-state index contributed by atoms with van der Waals surface area (Å²) in [6.45, 7) is 6.39. The highest BCUT2D eigenvalue weighted by Crippen LogP contribution is 1.75. The fraction of sp³-hybridized carbons (Fsp3) is 1.00. The maximum atomic E-state index is 3.44. The third-order valence-corrected chi connectivity index (χ3v) is 3.93. The molecule has 62 valence electrons. The molecule has 0 saturated carbocycles. The topological polar surface area (TPSA) is 27.3 Å². The van der Waals surface area contributed by atoms with E-state index in [4.69, 9.17) is 0 Å². The zero-order valence-corrected chi connectivity index (χ0v) is 8.59. The molecule has 0 rings (SSSR count). The predicted molar refractivity (Wildman–Crippen MR) is 48.2 cm³/mol. The lowest BCUT2D eigenvalue weighted by Gasteiger charge is -2.22. The number of nitrogens with one attached hydrogen (secondary N) is 2. The van der Waals surface area contributed by atoms with Crippen LogP contribution in [0.5, 0.6) is 0 Å². The number of hydrogen-bond acceptors (Lipinski definition) is 3. The molecule has 0 heterocycles. The van der Waals surface area contributed by atoms with Crippen LogP contribution in [0.3, 0.4) is 0 Å². The molecule has 0 aliphatic rings.